The molecule has 2 nitrogen and oxygen atoms in total. The van der Waals surface area contributed by atoms with Gasteiger partial charge in [-0.25, -0.2) is 0 Å². The van der Waals surface area contributed by atoms with E-state index in [0.29, 0.717) is 11.5 Å². The van der Waals surface area contributed by atoms with Crippen molar-refractivity contribution in [1.82, 2.24) is 4.72 Å². The molecule has 3 heteroatoms. The van der Waals surface area contributed by atoms with Gasteiger partial charge in [-0.15, -0.1) is 0 Å². The smallest absolute Gasteiger partial charge is 0.0176 e. The quantitative estimate of drug-likeness (QED) is 0.738. The molecule has 0 aromatic rings. The van der Waals surface area contributed by atoms with Crippen LogP contribution in [-0.4, -0.2) is 22.8 Å². The molecule has 1 saturated carbocycles. The van der Waals surface area contributed by atoms with Crippen LogP contribution in [0.5, 0.6) is 0 Å². The molecular formula is C13H29NOS. The second-order valence-corrected chi connectivity index (χ2v) is 9.92. The normalized spacial score (nSPS) is 29.1. The summed E-state index contributed by atoms with van der Waals surface area (Å²) in [6.07, 6.45) is 9.99. The third-order valence-corrected chi connectivity index (χ3v) is 4.23. The largest absolute Gasteiger partial charge is 0.272 e. The molecule has 0 amide bonds. The maximum absolute atomic E-state index is 11.7. The van der Waals surface area contributed by atoms with Gasteiger partial charge in [0, 0.05) is 18.6 Å². The van der Waals surface area contributed by atoms with Crippen LogP contribution in [-0.2, 0) is 10.1 Å². The Morgan fingerprint density at radius 1 is 1.12 bits per heavy atom. The van der Waals surface area contributed by atoms with Crippen molar-refractivity contribution in [1.29, 1.82) is 0 Å². The monoisotopic (exact) mass is 247 g/mol. The van der Waals surface area contributed by atoms with E-state index in [4.69, 9.17) is 0 Å². The van der Waals surface area contributed by atoms with Gasteiger partial charge in [-0.1, -0.05) is 30.9 Å². The van der Waals surface area contributed by atoms with E-state index in [1.807, 2.05) is 12.5 Å². The molecule has 0 aromatic carbocycles. The zero-order chi connectivity index (χ0) is 12.4. The molecule has 1 aliphatic carbocycles. The Hall–Kier alpha value is 0.110. The average molecular weight is 247 g/mol. The highest BCUT2D eigenvalue weighted by atomic mass is 32.3. The second-order valence-electron chi connectivity index (χ2n) is 6.96. The van der Waals surface area contributed by atoms with E-state index in [-0.39, 0.29) is 0 Å². The topological polar surface area (TPSA) is 29.1 Å². The minimum absolute atomic E-state index is 0.454. The van der Waals surface area contributed by atoms with Crippen LogP contribution in [0.15, 0.2) is 0 Å². The van der Waals surface area contributed by atoms with Crippen LogP contribution >= 0.6 is 0 Å². The molecule has 0 aromatic heterocycles. The lowest BCUT2D eigenvalue weighted by atomic mass is 9.76. The van der Waals surface area contributed by atoms with Crippen LogP contribution < -0.4 is 4.72 Å². The van der Waals surface area contributed by atoms with Crippen molar-refractivity contribution in [3.63, 3.8) is 0 Å². The first-order valence-corrected chi connectivity index (χ1v) is 9.09. The maximum Gasteiger partial charge on any atom is 0.0176 e. The Bertz CT molecular complexity index is 256. The van der Waals surface area contributed by atoms with E-state index in [1.165, 1.54) is 32.1 Å². The molecule has 16 heavy (non-hydrogen) atoms. The van der Waals surface area contributed by atoms with Crippen LogP contribution in [0, 0.1) is 11.3 Å². The Morgan fingerprint density at radius 2 is 1.62 bits per heavy atom. The van der Waals surface area contributed by atoms with Gasteiger partial charge in [0.15, 0.2) is 0 Å². The molecule has 0 atom stereocenters. The lowest BCUT2D eigenvalue weighted by Crippen LogP contribution is -2.40. The molecular weight excluding hydrogens is 218 g/mol. The summed E-state index contributed by atoms with van der Waals surface area (Å²) in [6, 6.07) is 0.497. The van der Waals surface area contributed by atoms with Crippen molar-refractivity contribution >= 4 is 10.1 Å². The third-order valence-electron chi connectivity index (χ3n) is 3.24. The minimum Gasteiger partial charge on any atom is -0.272 e. The summed E-state index contributed by atoms with van der Waals surface area (Å²) in [5.74, 6) is 0.881. The lowest BCUT2D eigenvalue weighted by molar-refractivity contribution is 0.224. The molecule has 0 radical (unpaired) electrons. The van der Waals surface area contributed by atoms with E-state index in [9.17, 15) is 4.21 Å². The summed E-state index contributed by atoms with van der Waals surface area (Å²) in [5, 5.41) is 0. The number of nitrogens with one attached hydrogen (secondary N) is 1. The molecule has 1 aliphatic rings. The van der Waals surface area contributed by atoms with Gasteiger partial charge in [0.2, 0.25) is 0 Å². The highest BCUT2D eigenvalue weighted by molar-refractivity contribution is 7.99. The molecule has 98 valence electrons. The SMILES string of the molecule is CC(C)(C)CC1CCC(N[SH](C)(C)=O)CC1. The van der Waals surface area contributed by atoms with Crippen LogP contribution in [0.25, 0.3) is 0 Å². The fourth-order valence-corrected chi connectivity index (χ4v) is 3.94. The van der Waals surface area contributed by atoms with E-state index in [0.717, 1.165) is 5.92 Å². The standard InChI is InChI=1S/C13H29NOS/c1-13(2,3)10-11-6-8-12(9-7-11)14-16(4,5)15/h11-12,16H,6-10H2,1-5H3,(H,14,15). The molecule has 0 heterocycles. The van der Waals surface area contributed by atoms with Gasteiger partial charge in [-0.2, -0.15) is 0 Å². The zero-order valence-electron chi connectivity index (χ0n) is 11.5. The summed E-state index contributed by atoms with van der Waals surface area (Å²) >= 11 is 0. The van der Waals surface area contributed by atoms with E-state index in [1.54, 1.807) is 0 Å². The molecule has 0 bridgehead atoms. The van der Waals surface area contributed by atoms with Crippen molar-refractivity contribution in [3.05, 3.63) is 0 Å². The van der Waals surface area contributed by atoms with E-state index in [2.05, 4.69) is 25.5 Å². The fraction of sp³-hybridized carbons (Fsp3) is 1.00. The molecule has 0 saturated heterocycles. The summed E-state index contributed by atoms with van der Waals surface area (Å²) in [7, 11) is -2.04. The Kier molecular flexibility index (Phi) is 4.58. The number of hydrogen-bond donors (Lipinski definition) is 2. The van der Waals surface area contributed by atoms with Gasteiger partial charge in [0.25, 0.3) is 0 Å². The van der Waals surface area contributed by atoms with Gasteiger partial charge in [-0.05, 0) is 43.4 Å². The summed E-state index contributed by atoms with van der Waals surface area (Å²) in [4.78, 5) is 0. The lowest BCUT2D eigenvalue weighted by Gasteiger charge is -2.34. The van der Waals surface area contributed by atoms with Crippen LogP contribution in [0.4, 0.5) is 0 Å². The molecule has 1 fully saturated rings. The first-order chi connectivity index (χ1) is 7.16. The Morgan fingerprint density at radius 3 is 2.00 bits per heavy atom. The van der Waals surface area contributed by atoms with Crippen molar-refractivity contribution in [2.75, 3.05) is 12.5 Å². The highest BCUT2D eigenvalue weighted by Crippen LogP contribution is 2.34. The first kappa shape index (κ1) is 14.2. The predicted molar refractivity (Wildman–Crippen MR) is 74.3 cm³/mol. The molecule has 0 spiro atoms. The van der Waals surface area contributed by atoms with Crippen LogP contribution in [0.2, 0.25) is 0 Å². The van der Waals surface area contributed by atoms with Crippen LogP contribution in [0.1, 0.15) is 52.9 Å². The number of hydrogen-bond acceptors (Lipinski definition) is 1. The first-order valence-electron chi connectivity index (χ1n) is 6.48. The highest BCUT2D eigenvalue weighted by Gasteiger charge is 2.25. The molecule has 0 unspecified atom stereocenters. The molecule has 1 rings (SSSR count). The molecule has 1 N–H and O–H groups in total. The maximum atomic E-state index is 11.7. The predicted octanol–water partition coefficient (Wildman–Crippen LogP) is 2.76. The van der Waals surface area contributed by atoms with Gasteiger partial charge in [0.1, 0.15) is 0 Å². The average Bonchev–Trinajstić information content (AvgIpc) is 2.03. The Balaban J connectivity index is 2.32. The van der Waals surface area contributed by atoms with E-state index < -0.39 is 10.1 Å². The van der Waals surface area contributed by atoms with Gasteiger partial charge in [0.05, 0.1) is 0 Å². The zero-order valence-corrected chi connectivity index (χ0v) is 12.4. The number of rotatable bonds is 3. The van der Waals surface area contributed by atoms with Crippen molar-refractivity contribution in [2.45, 2.75) is 58.9 Å². The second kappa shape index (κ2) is 5.18. The molecule has 0 aliphatic heterocycles. The summed E-state index contributed by atoms with van der Waals surface area (Å²) in [6.45, 7) is 6.97. The van der Waals surface area contributed by atoms with Crippen molar-refractivity contribution in [2.24, 2.45) is 11.3 Å². The summed E-state index contributed by atoms with van der Waals surface area (Å²) in [5.41, 5.74) is 0.454. The third kappa shape index (κ3) is 6.00. The fourth-order valence-electron chi connectivity index (χ4n) is 2.80. The van der Waals surface area contributed by atoms with E-state index >= 15 is 0 Å². The van der Waals surface area contributed by atoms with Crippen LogP contribution in [0.3, 0.4) is 0 Å². The Labute approximate surface area is 102 Å². The number of thiol groups is 1. The van der Waals surface area contributed by atoms with Crippen molar-refractivity contribution < 1.29 is 4.21 Å². The summed E-state index contributed by atoms with van der Waals surface area (Å²) < 4.78 is 15.0. The van der Waals surface area contributed by atoms with Gasteiger partial charge in [-0.3, -0.25) is 8.93 Å². The van der Waals surface area contributed by atoms with Crippen molar-refractivity contribution in [3.8, 4) is 0 Å². The minimum atomic E-state index is -2.04. The van der Waals surface area contributed by atoms with Gasteiger partial charge >= 0.3 is 0 Å². The van der Waals surface area contributed by atoms with Gasteiger partial charge < -0.3 is 0 Å².